The summed E-state index contributed by atoms with van der Waals surface area (Å²) in [5.74, 6) is 0.809. The molecule has 2 aliphatic rings. The molecule has 0 spiro atoms. The molecule has 0 radical (unpaired) electrons. The number of thiophene rings is 1. The fourth-order valence-electron chi connectivity index (χ4n) is 3.95. The van der Waals surface area contributed by atoms with Gasteiger partial charge in [0.1, 0.15) is 16.9 Å². The SMILES string of the molecule is CC(C)(C)[C@@H]1CCc2c(sc3c2C(=O)N[C@H](c2cc(O)ccc2Br)N3)C1. The van der Waals surface area contributed by atoms with Crippen LogP contribution in [0.2, 0.25) is 0 Å². The zero-order chi connectivity index (χ0) is 18.6. The lowest BCUT2D eigenvalue weighted by Crippen LogP contribution is -2.38. The number of anilines is 1. The highest BCUT2D eigenvalue weighted by Crippen LogP contribution is 2.46. The van der Waals surface area contributed by atoms with E-state index in [1.165, 1.54) is 10.4 Å². The molecule has 2 heterocycles. The first-order valence-electron chi connectivity index (χ1n) is 8.94. The van der Waals surface area contributed by atoms with Gasteiger partial charge in [0.25, 0.3) is 5.91 Å². The number of phenolic OH excluding ortho intramolecular Hbond substituents is 1. The Morgan fingerprint density at radius 3 is 2.77 bits per heavy atom. The number of amides is 1. The van der Waals surface area contributed by atoms with Gasteiger partial charge in [0, 0.05) is 14.9 Å². The number of rotatable bonds is 1. The first kappa shape index (κ1) is 17.9. The predicted molar refractivity (Wildman–Crippen MR) is 109 cm³/mol. The van der Waals surface area contributed by atoms with E-state index in [4.69, 9.17) is 0 Å². The molecule has 3 N–H and O–H groups in total. The molecule has 4 rings (SSSR count). The Bertz CT molecular complexity index is 885. The predicted octanol–water partition coefficient (Wildman–Crippen LogP) is 5.22. The molecule has 1 aliphatic heterocycles. The van der Waals surface area contributed by atoms with Gasteiger partial charge in [-0.2, -0.15) is 0 Å². The summed E-state index contributed by atoms with van der Waals surface area (Å²) >= 11 is 5.23. The van der Waals surface area contributed by atoms with E-state index in [0.29, 0.717) is 5.92 Å². The van der Waals surface area contributed by atoms with Gasteiger partial charge in [0.15, 0.2) is 0 Å². The molecule has 0 bridgehead atoms. The van der Waals surface area contributed by atoms with Crippen molar-refractivity contribution in [2.24, 2.45) is 11.3 Å². The van der Waals surface area contributed by atoms with Crippen molar-refractivity contribution in [3.05, 3.63) is 44.2 Å². The topological polar surface area (TPSA) is 61.4 Å². The van der Waals surface area contributed by atoms with Crippen LogP contribution in [-0.2, 0) is 12.8 Å². The Labute approximate surface area is 166 Å². The molecule has 0 saturated carbocycles. The molecule has 2 atom stereocenters. The van der Waals surface area contributed by atoms with E-state index in [-0.39, 0.29) is 23.2 Å². The Balaban J connectivity index is 1.68. The van der Waals surface area contributed by atoms with Crippen LogP contribution in [-0.4, -0.2) is 11.0 Å². The maximum absolute atomic E-state index is 12.9. The largest absolute Gasteiger partial charge is 0.508 e. The normalized spacial score (nSPS) is 22.2. The molecule has 0 saturated heterocycles. The second-order valence-corrected chi connectivity index (χ2v) is 10.2. The summed E-state index contributed by atoms with van der Waals surface area (Å²) in [4.78, 5) is 14.2. The standard InChI is InChI=1S/C20H23BrN2O2S/c1-20(2,3)10-4-6-12-15(8-10)26-19-16(12)18(25)22-17(23-19)13-9-11(24)5-7-14(13)21/h5,7,9-10,17,23-24H,4,6,8H2,1-3H3,(H,22,25)/t10-,17+/m1/s1. The lowest BCUT2D eigenvalue weighted by Gasteiger charge is -2.34. The Morgan fingerprint density at radius 2 is 2.04 bits per heavy atom. The van der Waals surface area contributed by atoms with Gasteiger partial charge in [-0.15, -0.1) is 11.3 Å². The fraction of sp³-hybridized carbons (Fsp3) is 0.450. The molecule has 1 aromatic heterocycles. The summed E-state index contributed by atoms with van der Waals surface area (Å²) in [5.41, 5.74) is 3.16. The van der Waals surface area contributed by atoms with Gasteiger partial charge in [0.05, 0.1) is 5.56 Å². The highest BCUT2D eigenvalue weighted by molar-refractivity contribution is 9.10. The number of hydrogen-bond acceptors (Lipinski definition) is 4. The minimum atomic E-state index is -0.352. The Kier molecular flexibility index (Phi) is 4.31. The van der Waals surface area contributed by atoms with Crippen molar-refractivity contribution in [2.45, 2.75) is 46.2 Å². The van der Waals surface area contributed by atoms with E-state index >= 15 is 0 Å². The maximum Gasteiger partial charge on any atom is 0.256 e. The van der Waals surface area contributed by atoms with Crippen molar-refractivity contribution in [1.29, 1.82) is 0 Å². The van der Waals surface area contributed by atoms with Crippen molar-refractivity contribution in [3.63, 3.8) is 0 Å². The molecule has 6 heteroatoms. The highest BCUT2D eigenvalue weighted by atomic mass is 79.9. The van der Waals surface area contributed by atoms with Crippen LogP contribution in [0.5, 0.6) is 5.75 Å². The van der Waals surface area contributed by atoms with E-state index in [1.807, 2.05) is 0 Å². The second kappa shape index (κ2) is 6.27. The van der Waals surface area contributed by atoms with E-state index in [9.17, 15) is 9.90 Å². The van der Waals surface area contributed by atoms with Crippen molar-refractivity contribution >= 4 is 38.2 Å². The van der Waals surface area contributed by atoms with Gasteiger partial charge in [-0.1, -0.05) is 36.7 Å². The molecule has 0 fully saturated rings. The lowest BCUT2D eigenvalue weighted by atomic mass is 9.72. The lowest BCUT2D eigenvalue weighted by molar-refractivity contribution is 0.0934. The maximum atomic E-state index is 12.9. The van der Waals surface area contributed by atoms with E-state index in [0.717, 1.165) is 39.9 Å². The van der Waals surface area contributed by atoms with Gasteiger partial charge >= 0.3 is 0 Å². The molecule has 0 unspecified atom stereocenters. The number of aromatic hydroxyl groups is 1. The molecule has 26 heavy (non-hydrogen) atoms. The Morgan fingerprint density at radius 1 is 1.27 bits per heavy atom. The molecule has 1 aromatic carbocycles. The minimum absolute atomic E-state index is 0.0225. The molecule has 4 nitrogen and oxygen atoms in total. The van der Waals surface area contributed by atoms with Crippen LogP contribution in [0, 0.1) is 11.3 Å². The Hall–Kier alpha value is -1.53. The van der Waals surface area contributed by atoms with Crippen molar-refractivity contribution in [3.8, 4) is 5.75 Å². The number of benzene rings is 1. The first-order valence-corrected chi connectivity index (χ1v) is 10.6. The summed E-state index contributed by atoms with van der Waals surface area (Å²) < 4.78 is 0.852. The van der Waals surface area contributed by atoms with Crippen LogP contribution in [0.4, 0.5) is 5.00 Å². The average Bonchev–Trinajstić information content (AvgIpc) is 2.94. The van der Waals surface area contributed by atoms with E-state index in [2.05, 4.69) is 47.3 Å². The summed E-state index contributed by atoms with van der Waals surface area (Å²) in [7, 11) is 0. The number of phenols is 1. The van der Waals surface area contributed by atoms with Crippen LogP contribution >= 0.6 is 27.3 Å². The molecule has 138 valence electrons. The number of carbonyl (C=O) groups excluding carboxylic acids is 1. The second-order valence-electron chi connectivity index (χ2n) is 8.27. The smallest absolute Gasteiger partial charge is 0.256 e. The van der Waals surface area contributed by atoms with Crippen LogP contribution in [0.25, 0.3) is 0 Å². The third-order valence-corrected chi connectivity index (χ3v) is 7.47. The van der Waals surface area contributed by atoms with E-state index in [1.54, 1.807) is 29.5 Å². The van der Waals surface area contributed by atoms with Gasteiger partial charge in [-0.05, 0) is 54.4 Å². The number of fused-ring (bicyclic) bond motifs is 3. The summed E-state index contributed by atoms with van der Waals surface area (Å²) in [6.45, 7) is 6.91. The highest BCUT2D eigenvalue weighted by Gasteiger charge is 2.36. The van der Waals surface area contributed by atoms with Gasteiger partial charge in [-0.3, -0.25) is 4.79 Å². The van der Waals surface area contributed by atoms with Gasteiger partial charge in [-0.25, -0.2) is 0 Å². The van der Waals surface area contributed by atoms with Crippen molar-refractivity contribution in [2.75, 3.05) is 5.32 Å². The summed E-state index contributed by atoms with van der Waals surface area (Å²) in [6.07, 6.45) is 2.80. The fourth-order valence-corrected chi connectivity index (χ4v) is 5.77. The quantitative estimate of drug-likeness (QED) is 0.576. The summed E-state index contributed by atoms with van der Waals surface area (Å²) in [6, 6.07) is 5.09. The third kappa shape index (κ3) is 3.03. The molecular weight excluding hydrogens is 412 g/mol. The number of carbonyl (C=O) groups is 1. The average molecular weight is 435 g/mol. The zero-order valence-corrected chi connectivity index (χ0v) is 17.6. The van der Waals surface area contributed by atoms with E-state index < -0.39 is 0 Å². The molecule has 1 amide bonds. The number of nitrogens with one attached hydrogen (secondary N) is 2. The minimum Gasteiger partial charge on any atom is -0.508 e. The molecule has 2 aromatic rings. The van der Waals surface area contributed by atoms with Crippen molar-refractivity contribution in [1.82, 2.24) is 5.32 Å². The number of halogens is 1. The van der Waals surface area contributed by atoms with Gasteiger partial charge < -0.3 is 15.7 Å². The summed E-state index contributed by atoms with van der Waals surface area (Å²) in [5, 5.41) is 17.3. The van der Waals surface area contributed by atoms with Gasteiger partial charge in [0.2, 0.25) is 0 Å². The first-order chi connectivity index (χ1) is 12.2. The van der Waals surface area contributed by atoms with Crippen molar-refractivity contribution < 1.29 is 9.90 Å². The molecular formula is C20H23BrN2O2S. The zero-order valence-electron chi connectivity index (χ0n) is 15.1. The van der Waals surface area contributed by atoms with Crippen LogP contribution < -0.4 is 10.6 Å². The number of hydrogen-bond donors (Lipinski definition) is 3. The third-order valence-electron chi connectivity index (χ3n) is 5.56. The molecule has 1 aliphatic carbocycles. The van der Waals surface area contributed by atoms with Crippen LogP contribution in [0.1, 0.15) is 59.7 Å². The van der Waals surface area contributed by atoms with Crippen LogP contribution in [0.3, 0.4) is 0 Å². The van der Waals surface area contributed by atoms with Crippen LogP contribution in [0.15, 0.2) is 22.7 Å². The monoisotopic (exact) mass is 434 g/mol.